The Bertz CT molecular complexity index is 930. The maximum atomic E-state index is 9.92. The van der Waals surface area contributed by atoms with Gasteiger partial charge in [-0.3, -0.25) is 4.99 Å². The van der Waals surface area contributed by atoms with Gasteiger partial charge in [0.25, 0.3) is 0 Å². The predicted molar refractivity (Wildman–Crippen MR) is 134 cm³/mol. The molecule has 0 heterocycles. The number of phenols is 1. The number of para-hydroxylation sites is 2. The quantitative estimate of drug-likeness (QED) is 0.208. The van der Waals surface area contributed by atoms with Gasteiger partial charge >= 0.3 is 27.0 Å². The van der Waals surface area contributed by atoms with Gasteiger partial charge in [-0.2, -0.15) is 0 Å². The summed E-state index contributed by atoms with van der Waals surface area (Å²) in [5, 5.41) is 9.92. The van der Waals surface area contributed by atoms with E-state index >= 15 is 0 Å². The third-order valence-corrected chi connectivity index (χ3v) is 4.79. The van der Waals surface area contributed by atoms with Crippen LogP contribution in [0.25, 0.3) is 0 Å². The first kappa shape index (κ1) is 29.0. The van der Waals surface area contributed by atoms with Crippen LogP contribution in [0.5, 0.6) is 5.75 Å². The van der Waals surface area contributed by atoms with E-state index in [1.54, 1.807) is 6.21 Å². The van der Waals surface area contributed by atoms with E-state index in [-0.39, 0.29) is 7.43 Å². The van der Waals surface area contributed by atoms with Crippen LogP contribution in [0.2, 0.25) is 0 Å². The minimum atomic E-state index is 0. The number of phenolic OH excluding ortho intramolecular Hbond substituents is 1. The molecule has 0 fully saturated rings. The van der Waals surface area contributed by atoms with Crippen molar-refractivity contribution in [3.8, 4) is 5.75 Å². The molecule has 3 rings (SSSR count). The van der Waals surface area contributed by atoms with E-state index in [0.717, 1.165) is 27.9 Å². The Kier molecular flexibility index (Phi) is 14.0. The van der Waals surface area contributed by atoms with E-state index in [0.29, 0.717) is 11.7 Å². The third kappa shape index (κ3) is 9.37. The topological polar surface area (TPSA) is 32.6 Å². The number of benzene rings is 3. The number of aromatic hydroxyl groups is 1. The summed E-state index contributed by atoms with van der Waals surface area (Å²) in [6, 6.07) is 20.5. The maximum absolute atomic E-state index is 9.92. The first-order valence-electron chi connectivity index (χ1n) is 9.88. The van der Waals surface area contributed by atoms with Crippen molar-refractivity contribution in [2.24, 2.45) is 4.99 Å². The summed E-state index contributed by atoms with van der Waals surface area (Å²) >= 11 is 1.82. The van der Waals surface area contributed by atoms with Crippen molar-refractivity contribution < 1.29 is 22.4 Å². The van der Waals surface area contributed by atoms with Gasteiger partial charge in [-0.1, -0.05) is 74.0 Å². The van der Waals surface area contributed by atoms with Crippen molar-refractivity contribution in [3.05, 3.63) is 101 Å². The summed E-state index contributed by atoms with van der Waals surface area (Å²) in [7, 11) is 4.57. The molecule has 0 saturated carbocycles. The summed E-state index contributed by atoms with van der Waals surface area (Å²) in [6.07, 6.45) is 1.72. The molecule has 0 aromatic heterocycles. The van der Waals surface area contributed by atoms with E-state index in [1.807, 2.05) is 74.5 Å². The number of aliphatic imine (C=N–C) groups is 1. The molecule has 3 aromatic carbocycles. The molecule has 3 aromatic rings. The second-order valence-corrected chi connectivity index (χ2v) is 7.58. The standard InChI is InChI=1S/C16H17NO.C10H14.CH3.ClH.Ru/c1-11-6-4-7-12(2)15(11)17-10-14-9-5-8-13(3)16(14)18;1-8(2)10-6-4-9(3)5-7-10;;;/h4-10,18H,1-3H3;4-8H,1-3H3;1H3;1H;/q;;-1;;+2/p-1. The normalized spacial score (nSPS) is 9.97. The van der Waals surface area contributed by atoms with E-state index < -0.39 is 0 Å². The fourth-order valence-corrected chi connectivity index (χ4v) is 2.88. The number of hydrogen-bond acceptors (Lipinski definition) is 2. The molecule has 0 bridgehead atoms. The molecule has 0 aliphatic heterocycles. The summed E-state index contributed by atoms with van der Waals surface area (Å²) in [4.78, 5) is 4.49. The zero-order valence-electron chi connectivity index (χ0n) is 19.6. The van der Waals surface area contributed by atoms with E-state index in [9.17, 15) is 5.11 Å². The monoisotopic (exact) mass is 525 g/mol. The molecule has 4 heteroatoms. The Morgan fingerprint density at radius 2 is 1.29 bits per heavy atom. The van der Waals surface area contributed by atoms with Gasteiger partial charge < -0.3 is 12.5 Å². The zero-order chi connectivity index (χ0) is 22.7. The van der Waals surface area contributed by atoms with Crippen molar-refractivity contribution in [3.63, 3.8) is 0 Å². The van der Waals surface area contributed by atoms with Crippen molar-refractivity contribution in [2.45, 2.75) is 47.5 Å². The summed E-state index contributed by atoms with van der Waals surface area (Å²) in [5.41, 5.74) is 7.61. The van der Waals surface area contributed by atoms with Crippen molar-refractivity contribution >= 4 is 21.6 Å². The number of halogens is 1. The zero-order valence-corrected chi connectivity index (χ0v) is 22.0. The van der Waals surface area contributed by atoms with Gasteiger partial charge in [0.05, 0.1) is 5.69 Å². The SMILES string of the molecule is Cc1ccc(C(C)C)cc1.Cc1cccc(C=Nc2c(C)cccc2C)c1O.[CH3-].[Cl][Ru+]. The van der Waals surface area contributed by atoms with E-state index in [4.69, 9.17) is 0 Å². The van der Waals surface area contributed by atoms with E-state index in [2.05, 4.69) is 59.7 Å². The Hall–Kier alpha value is -1.96. The average Bonchev–Trinajstić information content (AvgIpc) is 2.73. The van der Waals surface area contributed by atoms with Crippen LogP contribution in [-0.4, -0.2) is 11.3 Å². The molecule has 0 aliphatic carbocycles. The van der Waals surface area contributed by atoms with Crippen LogP contribution >= 0.6 is 9.69 Å². The van der Waals surface area contributed by atoms with Gasteiger partial charge in [0, 0.05) is 11.8 Å². The minimum absolute atomic E-state index is 0. The van der Waals surface area contributed by atoms with Crippen LogP contribution in [0, 0.1) is 35.1 Å². The number of rotatable bonds is 3. The number of aryl methyl sites for hydroxylation is 4. The van der Waals surface area contributed by atoms with Gasteiger partial charge in [-0.25, -0.2) is 0 Å². The Labute approximate surface area is 203 Å². The second-order valence-electron chi connectivity index (χ2n) is 7.58. The number of nitrogens with zero attached hydrogens (tertiary/aromatic N) is 1. The Morgan fingerprint density at radius 3 is 1.81 bits per heavy atom. The molecular weight excluding hydrogens is 491 g/mol. The molecule has 2 nitrogen and oxygen atoms in total. The average molecular weight is 525 g/mol. The third-order valence-electron chi connectivity index (χ3n) is 4.79. The fourth-order valence-electron chi connectivity index (χ4n) is 2.88. The van der Waals surface area contributed by atoms with Gasteiger partial charge in [-0.05, 0) is 61.9 Å². The molecule has 31 heavy (non-hydrogen) atoms. The van der Waals surface area contributed by atoms with Crippen LogP contribution in [0.1, 0.15) is 53.1 Å². The summed E-state index contributed by atoms with van der Waals surface area (Å²) < 4.78 is 0. The van der Waals surface area contributed by atoms with Crippen molar-refractivity contribution in [1.82, 2.24) is 0 Å². The molecule has 0 spiro atoms. The molecule has 0 aliphatic rings. The molecule has 0 saturated heterocycles. The summed E-state index contributed by atoms with van der Waals surface area (Å²) in [6.45, 7) is 12.5. The first-order chi connectivity index (χ1) is 14.3. The van der Waals surface area contributed by atoms with Crippen molar-refractivity contribution in [1.29, 1.82) is 0 Å². The Morgan fingerprint density at radius 1 is 0.806 bits per heavy atom. The van der Waals surface area contributed by atoms with Gasteiger partial charge in [0.1, 0.15) is 5.75 Å². The van der Waals surface area contributed by atoms with Crippen LogP contribution in [-0.2, 0) is 17.3 Å². The first-order valence-corrected chi connectivity index (χ1v) is 12.1. The van der Waals surface area contributed by atoms with Gasteiger partial charge in [0.15, 0.2) is 0 Å². The summed E-state index contributed by atoms with van der Waals surface area (Å²) in [5.74, 6) is 0.952. The van der Waals surface area contributed by atoms with Gasteiger partial charge in [-0.15, -0.1) is 0 Å². The Balaban J connectivity index is 0.000000592. The predicted octanol–water partition coefficient (Wildman–Crippen LogP) is 8.32. The van der Waals surface area contributed by atoms with Gasteiger partial charge in [0.2, 0.25) is 0 Å². The van der Waals surface area contributed by atoms with Crippen LogP contribution in [0.3, 0.4) is 0 Å². The van der Waals surface area contributed by atoms with Crippen LogP contribution < -0.4 is 0 Å². The van der Waals surface area contributed by atoms with Crippen LogP contribution in [0.15, 0.2) is 65.7 Å². The van der Waals surface area contributed by atoms with E-state index in [1.165, 1.54) is 11.1 Å². The van der Waals surface area contributed by atoms with Crippen LogP contribution in [0.4, 0.5) is 5.69 Å². The molecule has 0 unspecified atom stereocenters. The van der Waals surface area contributed by atoms with Crippen molar-refractivity contribution in [2.75, 3.05) is 0 Å². The number of hydrogen-bond donors (Lipinski definition) is 1. The molecule has 168 valence electrons. The molecule has 0 amide bonds. The molecule has 0 atom stereocenters. The second kappa shape index (κ2) is 14.9. The molecule has 0 radical (unpaired) electrons. The fraction of sp³-hybridized carbons (Fsp3) is 0.259. The molecule has 1 N–H and O–H groups in total. The molecular formula is C27H34ClNORu.